The quantitative estimate of drug-likeness (QED) is 0.768. The van der Waals surface area contributed by atoms with Crippen molar-refractivity contribution < 1.29 is 13.9 Å². The van der Waals surface area contributed by atoms with E-state index in [1.54, 1.807) is 19.1 Å². The number of ketones is 1. The van der Waals surface area contributed by atoms with E-state index < -0.39 is 5.60 Å². The van der Waals surface area contributed by atoms with Crippen LogP contribution in [0.25, 0.3) is 0 Å². The summed E-state index contributed by atoms with van der Waals surface area (Å²) in [6, 6.07) is 6.09. The molecule has 0 heterocycles. The molecule has 88 valence electrons. The summed E-state index contributed by atoms with van der Waals surface area (Å²) in [5, 5.41) is 0. The van der Waals surface area contributed by atoms with Crippen molar-refractivity contribution in [3.05, 3.63) is 35.6 Å². The molecule has 0 amide bonds. The van der Waals surface area contributed by atoms with Crippen LogP contribution < -0.4 is 0 Å². The first kappa shape index (κ1) is 12.8. The van der Waals surface area contributed by atoms with Gasteiger partial charge >= 0.3 is 0 Å². The summed E-state index contributed by atoms with van der Waals surface area (Å²) in [7, 11) is 1.52. The highest BCUT2D eigenvalue weighted by molar-refractivity contribution is 5.88. The third-order valence-electron chi connectivity index (χ3n) is 2.97. The minimum absolute atomic E-state index is 0.0249. The summed E-state index contributed by atoms with van der Waals surface area (Å²) in [4.78, 5) is 12.0. The smallest absolute Gasteiger partial charge is 0.168 e. The lowest BCUT2D eigenvalue weighted by molar-refractivity contribution is -0.138. The molecule has 0 saturated carbocycles. The molecule has 16 heavy (non-hydrogen) atoms. The Hall–Kier alpha value is -1.22. The number of benzene rings is 1. The van der Waals surface area contributed by atoms with Crippen molar-refractivity contribution in [2.24, 2.45) is 0 Å². The molecular formula is C13H17FO2. The van der Waals surface area contributed by atoms with Gasteiger partial charge in [-0.15, -0.1) is 0 Å². The van der Waals surface area contributed by atoms with Crippen molar-refractivity contribution in [2.75, 3.05) is 7.11 Å². The van der Waals surface area contributed by atoms with Crippen LogP contribution in [-0.4, -0.2) is 18.5 Å². The van der Waals surface area contributed by atoms with E-state index in [-0.39, 0.29) is 18.0 Å². The van der Waals surface area contributed by atoms with Crippen molar-refractivity contribution in [2.45, 2.75) is 32.3 Å². The zero-order valence-corrected chi connectivity index (χ0v) is 9.92. The predicted octanol–water partition coefficient (Wildman–Crippen LogP) is 2.75. The molecule has 0 aliphatic carbocycles. The van der Waals surface area contributed by atoms with Gasteiger partial charge in [-0.05, 0) is 31.0 Å². The highest BCUT2D eigenvalue weighted by Crippen LogP contribution is 2.18. The van der Waals surface area contributed by atoms with Crippen LogP contribution in [0.2, 0.25) is 0 Å². The van der Waals surface area contributed by atoms with Crippen LogP contribution in [0.4, 0.5) is 4.39 Å². The summed E-state index contributed by atoms with van der Waals surface area (Å²) >= 11 is 0. The maximum absolute atomic E-state index is 12.9. The Morgan fingerprint density at radius 1 is 1.50 bits per heavy atom. The fraction of sp³-hybridized carbons (Fsp3) is 0.462. The molecule has 0 N–H and O–H groups in total. The second-order valence-electron chi connectivity index (χ2n) is 4.02. The third kappa shape index (κ3) is 2.89. The number of ether oxygens (including phenoxy) is 1. The summed E-state index contributed by atoms with van der Waals surface area (Å²) in [6.07, 6.45) is 0.813. The van der Waals surface area contributed by atoms with Gasteiger partial charge in [-0.25, -0.2) is 4.39 Å². The van der Waals surface area contributed by atoms with Gasteiger partial charge in [0.25, 0.3) is 0 Å². The van der Waals surface area contributed by atoms with Crippen LogP contribution in [-0.2, 0) is 16.0 Å². The minimum Gasteiger partial charge on any atom is -0.371 e. The monoisotopic (exact) mass is 224 g/mol. The lowest BCUT2D eigenvalue weighted by Gasteiger charge is -2.24. The Labute approximate surface area is 95.4 Å². The number of rotatable bonds is 5. The maximum atomic E-state index is 12.9. The highest BCUT2D eigenvalue weighted by Gasteiger charge is 2.30. The Kier molecular flexibility index (Phi) is 4.19. The first-order valence-corrected chi connectivity index (χ1v) is 5.34. The molecule has 1 unspecified atom stereocenters. The minimum atomic E-state index is -0.772. The van der Waals surface area contributed by atoms with Crippen molar-refractivity contribution >= 4 is 5.78 Å². The van der Waals surface area contributed by atoms with Crippen molar-refractivity contribution in [3.63, 3.8) is 0 Å². The second-order valence-corrected chi connectivity index (χ2v) is 4.02. The molecule has 0 aliphatic heterocycles. The van der Waals surface area contributed by atoms with Crippen molar-refractivity contribution in [3.8, 4) is 0 Å². The Balaban J connectivity index is 2.78. The summed E-state index contributed by atoms with van der Waals surface area (Å²) in [6.45, 7) is 3.65. The largest absolute Gasteiger partial charge is 0.371 e. The molecule has 0 radical (unpaired) electrons. The van der Waals surface area contributed by atoms with Crippen LogP contribution in [0, 0.1) is 5.82 Å². The normalized spacial score (nSPS) is 14.5. The number of halogens is 1. The summed E-state index contributed by atoms with van der Waals surface area (Å²) in [5.41, 5.74) is -0.0894. The lowest BCUT2D eigenvalue weighted by atomic mass is 9.92. The summed E-state index contributed by atoms with van der Waals surface area (Å²) in [5.74, 6) is -0.344. The van der Waals surface area contributed by atoms with Gasteiger partial charge in [0.1, 0.15) is 11.4 Å². The van der Waals surface area contributed by atoms with E-state index in [0.717, 1.165) is 0 Å². The molecule has 1 aromatic rings. The standard InChI is InChI=1S/C13H17FO2/c1-4-13(2,16-3)12(15)9-10-6-5-7-11(14)8-10/h5-8H,4,9H2,1-3H3. The van der Waals surface area contributed by atoms with Gasteiger partial charge in [-0.2, -0.15) is 0 Å². The van der Waals surface area contributed by atoms with E-state index in [1.807, 2.05) is 6.92 Å². The summed E-state index contributed by atoms with van der Waals surface area (Å²) < 4.78 is 18.1. The maximum Gasteiger partial charge on any atom is 0.168 e. The molecule has 0 fully saturated rings. The Morgan fingerprint density at radius 3 is 2.69 bits per heavy atom. The lowest BCUT2D eigenvalue weighted by Crippen LogP contribution is -2.37. The van der Waals surface area contributed by atoms with Gasteiger partial charge in [0, 0.05) is 13.5 Å². The van der Waals surface area contributed by atoms with E-state index in [4.69, 9.17) is 4.74 Å². The zero-order chi connectivity index (χ0) is 12.2. The zero-order valence-electron chi connectivity index (χ0n) is 9.92. The van der Waals surface area contributed by atoms with E-state index >= 15 is 0 Å². The van der Waals surface area contributed by atoms with Gasteiger partial charge in [0.05, 0.1) is 0 Å². The van der Waals surface area contributed by atoms with Gasteiger partial charge in [-0.1, -0.05) is 19.1 Å². The number of carbonyl (C=O) groups is 1. The molecule has 0 spiro atoms. The fourth-order valence-electron chi connectivity index (χ4n) is 1.47. The van der Waals surface area contributed by atoms with Crippen molar-refractivity contribution in [1.29, 1.82) is 0 Å². The van der Waals surface area contributed by atoms with E-state index in [0.29, 0.717) is 12.0 Å². The molecule has 3 heteroatoms. The first-order valence-electron chi connectivity index (χ1n) is 5.34. The average Bonchev–Trinajstić information content (AvgIpc) is 2.28. The third-order valence-corrected chi connectivity index (χ3v) is 2.97. The van der Waals surface area contributed by atoms with Crippen LogP contribution in [0.3, 0.4) is 0 Å². The number of hydrogen-bond acceptors (Lipinski definition) is 2. The number of carbonyl (C=O) groups excluding carboxylic acids is 1. The topological polar surface area (TPSA) is 26.3 Å². The van der Waals surface area contributed by atoms with Crippen molar-refractivity contribution in [1.82, 2.24) is 0 Å². The highest BCUT2D eigenvalue weighted by atomic mass is 19.1. The number of methoxy groups -OCH3 is 1. The van der Waals surface area contributed by atoms with E-state index in [2.05, 4.69) is 0 Å². The van der Waals surface area contributed by atoms with Crippen LogP contribution in [0.5, 0.6) is 0 Å². The van der Waals surface area contributed by atoms with Crippen LogP contribution >= 0.6 is 0 Å². The molecule has 2 nitrogen and oxygen atoms in total. The molecule has 1 atom stereocenters. The van der Waals surface area contributed by atoms with Crippen LogP contribution in [0.1, 0.15) is 25.8 Å². The van der Waals surface area contributed by atoms with Gasteiger partial charge < -0.3 is 4.74 Å². The number of Topliss-reactive ketones (excluding diaryl/α,β-unsaturated/α-hetero) is 1. The molecule has 1 aromatic carbocycles. The molecule has 0 saturated heterocycles. The van der Waals surface area contributed by atoms with E-state index in [1.165, 1.54) is 19.2 Å². The Bertz CT molecular complexity index is 370. The van der Waals surface area contributed by atoms with Gasteiger partial charge in [-0.3, -0.25) is 4.79 Å². The number of hydrogen-bond donors (Lipinski definition) is 0. The molecule has 0 aliphatic rings. The Morgan fingerprint density at radius 2 is 2.19 bits per heavy atom. The van der Waals surface area contributed by atoms with Gasteiger partial charge in [0.15, 0.2) is 5.78 Å². The molecular weight excluding hydrogens is 207 g/mol. The van der Waals surface area contributed by atoms with Gasteiger partial charge in [0.2, 0.25) is 0 Å². The fourth-order valence-corrected chi connectivity index (χ4v) is 1.47. The predicted molar refractivity (Wildman–Crippen MR) is 60.8 cm³/mol. The molecule has 0 aromatic heterocycles. The SMILES string of the molecule is CCC(C)(OC)C(=O)Cc1cccc(F)c1. The van der Waals surface area contributed by atoms with Crippen LogP contribution in [0.15, 0.2) is 24.3 Å². The first-order chi connectivity index (χ1) is 7.51. The molecule has 0 bridgehead atoms. The average molecular weight is 224 g/mol. The van der Waals surface area contributed by atoms with E-state index in [9.17, 15) is 9.18 Å². The second kappa shape index (κ2) is 5.21. The molecule has 1 rings (SSSR count).